The van der Waals surface area contributed by atoms with E-state index in [-0.39, 0.29) is 37.1 Å². The van der Waals surface area contributed by atoms with Gasteiger partial charge in [-0.25, -0.2) is 13.2 Å². The summed E-state index contributed by atoms with van der Waals surface area (Å²) >= 11 is 0. The standard InChI is InChI=1S/C22H27F3N4O3S/c1-16(2)15-26-21(30)27-18-6-8-20(9-7-18)33(31,32)29-12-10-28(11-13-29)19-5-3-4-17(14-19)22(23,24)25/h3-9,14,16H,10-13,15H2,1-2H3,(H2,26,27,30). The Bertz CT molecular complexity index is 1070. The van der Waals surface area contributed by atoms with E-state index in [2.05, 4.69) is 10.6 Å². The smallest absolute Gasteiger partial charge is 0.369 e. The summed E-state index contributed by atoms with van der Waals surface area (Å²) in [5.74, 6) is 0.303. The van der Waals surface area contributed by atoms with Gasteiger partial charge >= 0.3 is 12.2 Å². The maximum Gasteiger partial charge on any atom is 0.416 e. The van der Waals surface area contributed by atoms with Crippen LogP contribution >= 0.6 is 0 Å². The first kappa shape index (κ1) is 24.8. The zero-order valence-electron chi connectivity index (χ0n) is 18.4. The summed E-state index contributed by atoms with van der Waals surface area (Å²) in [6.07, 6.45) is -4.43. The van der Waals surface area contributed by atoms with E-state index in [4.69, 9.17) is 0 Å². The molecule has 1 saturated heterocycles. The number of hydrogen-bond donors (Lipinski definition) is 2. The van der Waals surface area contributed by atoms with E-state index >= 15 is 0 Å². The van der Waals surface area contributed by atoms with Gasteiger partial charge in [0, 0.05) is 44.1 Å². The van der Waals surface area contributed by atoms with Gasteiger partial charge in [0.15, 0.2) is 0 Å². The van der Waals surface area contributed by atoms with Crippen LogP contribution in [-0.4, -0.2) is 51.5 Å². The third kappa shape index (κ3) is 6.38. The van der Waals surface area contributed by atoms with E-state index in [1.807, 2.05) is 13.8 Å². The number of carbonyl (C=O) groups is 1. The van der Waals surface area contributed by atoms with Crippen molar-refractivity contribution in [3.8, 4) is 0 Å². The number of nitrogens with one attached hydrogen (secondary N) is 2. The van der Waals surface area contributed by atoms with E-state index in [9.17, 15) is 26.4 Å². The normalized spacial score (nSPS) is 15.5. The molecular weight excluding hydrogens is 457 g/mol. The highest BCUT2D eigenvalue weighted by molar-refractivity contribution is 7.89. The Kier molecular flexibility index (Phi) is 7.53. The summed E-state index contributed by atoms with van der Waals surface area (Å²) in [7, 11) is -3.77. The van der Waals surface area contributed by atoms with Crippen molar-refractivity contribution in [2.45, 2.75) is 24.9 Å². The molecular formula is C22H27F3N4O3S. The summed E-state index contributed by atoms with van der Waals surface area (Å²) in [4.78, 5) is 13.7. The highest BCUT2D eigenvalue weighted by atomic mass is 32.2. The van der Waals surface area contributed by atoms with Crippen molar-refractivity contribution < 1.29 is 26.4 Å². The van der Waals surface area contributed by atoms with Gasteiger partial charge in [-0.15, -0.1) is 0 Å². The van der Waals surface area contributed by atoms with Gasteiger partial charge in [-0.1, -0.05) is 19.9 Å². The van der Waals surface area contributed by atoms with Crippen molar-refractivity contribution >= 4 is 27.4 Å². The number of carbonyl (C=O) groups excluding carboxylic acids is 1. The molecule has 0 bridgehead atoms. The Balaban J connectivity index is 1.61. The third-order valence-corrected chi connectivity index (χ3v) is 7.11. The lowest BCUT2D eigenvalue weighted by molar-refractivity contribution is -0.137. The fourth-order valence-corrected chi connectivity index (χ4v) is 4.82. The van der Waals surface area contributed by atoms with Gasteiger partial charge < -0.3 is 15.5 Å². The van der Waals surface area contributed by atoms with E-state index in [1.54, 1.807) is 11.0 Å². The van der Waals surface area contributed by atoms with Crippen molar-refractivity contribution in [1.29, 1.82) is 0 Å². The molecule has 1 heterocycles. The first-order valence-corrected chi connectivity index (χ1v) is 12.0. The Labute approximate surface area is 191 Å². The molecule has 0 radical (unpaired) electrons. The maximum atomic E-state index is 13.0. The fraction of sp³-hybridized carbons (Fsp3) is 0.409. The minimum absolute atomic E-state index is 0.0863. The Morgan fingerprint density at radius 3 is 2.24 bits per heavy atom. The number of rotatable bonds is 6. The van der Waals surface area contributed by atoms with Crippen LogP contribution < -0.4 is 15.5 Å². The SMILES string of the molecule is CC(C)CNC(=O)Nc1ccc(S(=O)(=O)N2CCN(c3cccc(C(F)(F)F)c3)CC2)cc1. The van der Waals surface area contributed by atoms with Crippen LogP contribution in [-0.2, 0) is 16.2 Å². The highest BCUT2D eigenvalue weighted by Gasteiger charge is 2.32. The van der Waals surface area contributed by atoms with Crippen molar-refractivity contribution in [2.24, 2.45) is 5.92 Å². The number of benzene rings is 2. The van der Waals surface area contributed by atoms with E-state index < -0.39 is 21.8 Å². The van der Waals surface area contributed by atoms with Crippen LogP contribution in [0.4, 0.5) is 29.3 Å². The average molecular weight is 485 g/mol. The second-order valence-electron chi connectivity index (χ2n) is 8.19. The third-order valence-electron chi connectivity index (χ3n) is 5.20. The Morgan fingerprint density at radius 2 is 1.67 bits per heavy atom. The summed E-state index contributed by atoms with van der Waals surface area (Å²) in [5.41, 5.74) is 0.138. The van der Waals surface area contributed by atoms with Crippen LogP contribution in [0.3, 0.4) is 0 Å². The second kappa shape index (κ2) is 10.0. The summed E-state index contributed by atoms with van der Waals surface area (Å²) in [6.45, 7) is 5.31. The quantitative estimate of drug-likeness (QED) is 0.650. The Morgan fingerprint density at radius 1 is 1.03 bits per heavy atom. The zero-order chi connectivity index (χ0) is 24.2. The number of alkyl halides is 3. The molecule has 1 aliphatic rings. The minimum atomic E-state index is -4.43. The van der Waals surface area contributed by atoms with Crippen molar-refractivity contribution in [1.82, 2.24) is 9.62 Å². The molecule has 0 saturated carbocycles. The van der Waals surface area contributed by atoms with Crippen molar-refractivity contribution in [3.05, 3.63) is 54.1 Å². The molecule has 2 N–H and O–H groups in total. The number of sulfonamides is 1. The highest BCUT2D eigenvalue weighted by Crippen LogP contribution is 2.32. The first-order valence-electron chi connectivity index (χ1n) is 10.5. The number of halogens is 3. The predicted molar refractivity (Wildman–Crippen MR) is 121 cm³/mol. The maximum absolute atomic E-state index is 13.0. The van der Waals surface area contributed by atoms with E-state index in [1.165, 1.54) is 34.6 Å². The number of hydrogen-bond acceptors (Lipinski definition) is 4. The van der Waals surface area contributed by atoms with Gasteiger partial charge in [-0.2, -0.15) is 17.5 Å². The van der Waals surface area contributed by atoms with Crippen LogP contribution in [0.2, 0.25) is 0 Å². The van der Waals surface area contributed by atoms with Crippen LogP contribution in [0.1, 0.15) is 19.4 Å². The lowest BCUT2D eigenvalue weighted by Gasteiger charge is -2.35. The monoisotopic (exact) mass is 484 g/mol. The summed E-state index contributed by atoms with van der Waals surface area (Å²) in [5, 5.41) is 5.36. The zero-order valence-corrected chi connectivity index (χ0v) is 19.2. The van der Waals surface area contributed by atoms with Gasteiger partial charge in [0.2, 0.25) is 10.0 Å². The molecule has 0 aliphatic carbocycles. The van der Waals surface area contributed by atoms with Gasteiger partial charge in [-0.05, 0) is 48.4 Å². The molecule has 33 heavy (non-hydrogen) atoms. The van der Waals surface area contributed by atoms with Gasteiger partial charge in [-0.3, -0.25) is 0 Å². The minimum Gasteiger partial charge on any atom is -0.369 e. The Hall–Kier alpha value is -2.79. The number of anilines is 2. The lowest BCUT2D eigenvalue weighted by atomic mass is 10.1. The molecule has 0 atom stereocenters. The second-order valence-corrected chi connectivity index (χ2v) is 10.1. The van der Waals surface area contributed by atoms with Gasteiger partial charge in [0.1, 0.15) is 0 Å². The number of piperazine rings is 1. The molecule has 1 aliphatic heterocycles. The van der Waals surface area contributed by atoms with Crippen LogP contribution in [0.5, 0.6) is 0 Å². The van der Waals surface area contributed by atoms with Crippen LogP contribution in [0.25, 0.3) is 0 Å². The molecule has 2 amide bonds. The number of nitrogens with zero attached hydrogens (tertiary/aromatic N) is 2. The van der Waals surface area contributed by atoms with Crippen molar-refractivity contribution in [3.63, 3.8) is 0 Å². The molecule has 180 valence electrons. The van der Waals surface area contributed by atoms with Gasteiger partial charge in [0.05, 0.1) is 10.5 Å². The molecule has 0 aromatic heterocycles. The van der Waals surface area contributed by atoms with Crippen LogP contribution in [0, 0.1) is 5.92 Å². The van der Waals surface area contributed by atoms with Gasteiger partial charge in [0.25, 0.3) is 0 Å². The molecule has 11 heteroatoms. The van der Waals surface area contributed by atoms with Crippen LogP contribution in [0.15, 0.2) is 53.4 Å². The summed E-state index contributed by atoms with van der Waals surface area (Å²) < 4.78 is 66.2. The predicted octanol–water partition coefficient (Wildman–Crippen LogP) is 3.99. The first-order chi connectivity index (χ1) is 15.5. The van der Waals surface area contributed by atoms with Crippen molar-refractivity contribution in [2.75, 3.05) is 42.9 Å². The summed E-state index contributed by atoms with van der Waals surface area (Å²) in [6, 6.07) is 10.5. The number of amides is 2. The topological polar surface area (TPSA) is 81.8 Å². The molecule has 2 aromatic carbocycles. The molecule has 2 aromatic rings. The molecule has 3 rings (SSSR count). The molecule has 0 spiro atoms. The lowest BCUT2D eigenvalue weighted by Crippen LogP contribution is -2.48. The largest absolute Gasteiger partial charge is 0.416 e. The average Bonchev–Trinajstić information content (AvgIpc) is 2.78. The molecule has 7 nitrogen and oxygen atoms in total. The molecule has 0 unspecified atom stereocenters. The molecule has 1 fully saturated rings. The number of urea groups is 1. The van der Waals surface area contributed by atoms with E-state index in [0.717, 1.165) is 12.1 Å². The fourth-order valence-electron chi connectivity index (χ4n) is 3.40. The van der Waals surface area contributed by atoms with E-state index in [0.29, 0.717) is 23.8 Å².